The molecule has 72 valence electrons. The van der Waals surface area contributed by atoms with Gasteiger partial charge in [-0.3, -0.25) is 4.79 Å². The van der Waals surface area contributed by atoms with Gasteiger partial charge in [-0.25, -0.2) is 9.67 Å². The Morgan fingerprint density at radius 3 is 3.07 bits per heavy atom. The van der Waals surface area contributed by atoms with Gasteiger partial charge in [-0.05, 0) is 6.07 Å². The average Bonchev–Trinajstić information content (AvgIpc) is 2.56. The molecule has 0 atom stereocenters. The van der Waals surface area contributed by atoms with Crippen LogP contribution >= 0.6 is 22.9 Å². The molecule has 0 bridgehead atoms. The Bertz CT molecular complexity index is 493. The maximum Gasteiger partial charge on any atom is 0.267 e. The summed E-state index contributed by atoms with van der Waals surface area (Å²) in [6, 6.07) is 3.08. The first-order valence-corrected chi connectivity index (χ1v) is 5.07. The van der Waals surface area contributed by atoms with Gasteiger partial charge in [0, 0.05) is 23.3 Å². The standard InChI is InChI=1S/C8H6ClN3OS/c9-8-10-4-6(14-8)5-12-7(13)2-1-3-11-12/h1-4H,5H2. The lowest BCUT2D eigenvalue weighted by atomic mass is 10.5. The Balaban J connectivity index is 2.27. The summed E-state index contributed by atoms with van der Waals surface area (Å²) in [6.07, 6.45) is 3.22. The molecule has 0 unspecified atom stereocenters. The van der Waals surface area contributed by atoms with Gasteiger partial charge >= 0.3 is 0 Å². The van der Waals surface area contributed by atoms with E-state index >= 15 is 0 Å². The molecule has 4 nitrogen and oxygen atoms in total. The third-order valence-electron chi connectivity index (χ3n) is 1.62. The number of thiazole rings is 1. The van der Waals surface area contributed by atoms with Crippen molar-refractivity contribution in [2.75, 3.05) is 0 Å². The van der Waals surface area contributed by atoms with Crippen LogP contribution in [-0.2, 0) is 6.54 Å². The van der Waals surface area contributed by atoms with Crippen molar-refractivity contribution in [3.8, 4) is 0 Å². The van der Waals surface area contributed by atoms with Crippen LogP contribution < -0.4 is 5.56 Å². The number of nitrogens with zero attached hydrogens (tertiary/aromatic N) is 3. The van der Waals surface area contributed by atoms with Crippen LogP contribution in [0.4, 0.5) is 0 Å². The van der Waals surface area contributed by atoms with Crippen LogP contribution in [0.15, 0.2) is 29.3 Å². The molecule has 2 aromatic heterocycles. The largest absolute Gasteiger partial charge is 0.268 e. The normalized spacial score (nSPS) is 10.4. The minimum Gasteiger partial charge on any atom is -0.268 e. The molecule has 0 aromatic carbocycles. The molecule has 0 saturated heterocycles. The summed E-state index contributed by atoms with van der Waals surface area (Å²) in [4.78, 5) is 16.1. The summed E-state index contributed by atoms with van der Waals surface area (Å²) in [7, 11) is 0. The molecule has 0 N–H and O–H groups in total. The van der Waals surface area contributed by atoms with Crippen LogP contribution in [0.2, 0.25) is 4.47 Å². The van der Waals surface area contributed by atoms with E-state index in [4.69, 9.17) is 11.6 Å². The molecule has 6 heteroatoms. The van der Waals surface area contributed by atoms with Crippen LogP contribution in [0, 0.1) is 0 Å². The zero-order valence-corrected chi connectivity index (χ0v) is 8.63. The minimum absolute atomic E-state index is 0.128. The van der Waals surface area contributed by atoms with Gasteiger partial charge in [-0.2, -0.15) is 5.10 Å². The van der Waals surface area contributed by atoms with Crippen LogP contribution in [0.3, 0.4) is 0 Å². The van der Waals surface area contributed by atoms with E-state index in [0.29, 0.717) is 11.0 Å². The van der Waals surface area contributed by atoms with Crippen molar-refractivity contribution >= 4 is 22.9 Å². The second-order valence-electron chi connectivity index (χ2n) is 2.60. The van der Waals surface area contributed by atoms with Crippen molar-refractivity contribution < 1.29 is 0 Å². The highest BCUT2D eigenvalue weighted by Gasteiger charge is 2.01. The summed E-state index contributed by atoms with van der Waals surface area (Å²) in [5, 5.41) is 3.92. The lowest BCUT2D eigenvalue weighted by molar-refractivity contribution is 0.644. The van der Waals surface area contributed by atoms with E-state index in [1.807, 2.05) is 0 Å². The maximum absolute atomic E-state index is 11.3. The number of aromatic nitrogens is 3. The monoisotopic (exact) mass is 227 g/mol. The highest BCUT2D eigenvalue weighted by Crippen LogP contribution is 2.17. The molecule has 2 heterocycles. The molecule has 0 spiro atoms. The third-order valence-corrected chi connectivity index (χ3v) is 2.72. The third kappa shape index (κ3) is 2.00. The average molecular weight is 228 g/mol. The van der Waals surface area contributed by atoms with Crippen molar-refractivity contribution in [3.63, 3.8) is 0 Å². The zero-order valence-electron chi connectivity index (χ0n) is 7.05. The zero-order chi connectivity index (χ0) is 9.97. The molecular formula is C8H6ClN3OS. The van der Waals surface area contributed by atoms with Crippen LogP contribution in [0.25, 0.3) is 0 Å². The van der Waals surface area contributed by atoms with Gasteiger partial charge in [0.15, 0.2) is 4.47 Å². The van der Waals surface area contributed by atoms with Gasteiger partial charge < -0.3 is 0 Å². The van der Waals surface area contributed by atoms with E-state index < -0.39 is 0 Å². The van der Waals surface area contributed by atoms with E-state index in [1.165, 1.54) is 22.1 Å². The van der Waals surface area contributed by atoms with E-state index in [9.17, 15) is 4.79 Å². The van der Waals surface area contributed by atoms with Crippen LogP contribution in [-0.4, -0.2) is 14.8 Å². The molecule has 0 fully saturated rings. The first-order valence-electron chi connectivity index (χ1n) is 3.88. The van der Waals surface area contributed by atoms with E-state index in [0.717, 1.165) is 4.88 Å². The second kappa shape index (κ2) is 3.89. The minimum atomic E-state index is -0.128. The molecule has 0 amide bonds. The Labute approximate surface area is 88.8 Å². The molecule has 0 radical (unpaired) electrons. The Morgan fingerprint density at radius 1 is 1.57 bits per heavy atom. The molecular weight excluding hydrogens is 222 g/mol. The summed E-state index contributed by atoms with van der Waals surface area (Å²) in [5.41, 5.74) is -0.128. The Hall–Kier alpha value is -1.20. The molecule has 0 saturated carbocycles. The smallest absolute Gasteiger partial charge is 0.267 e. The van der Waals surface area contributed by atoms with E-state index in [-0.39, 0.29) is 5.56 Å². The SMILES string of the molecule is O=c1cccnn1Cc1cnc(Cl)s1. The van der Waals surface area contributed by atoms with E-state index in [2.05, 4.69) is 10.1 Å². The first-order chi connectivity index (χ1) is 6.75. The fraction of sp³-hybridized carbons (Fsp3) is 0.125. The highest BCUT2D eigenvalue weighted by molar-refractivity contribution is 7.15. The summed E-state index contributed by atoms with van der Waals surface area (Å²) in [5.74, 6) is 0. The summed E-state index contributed by atoms with van der Waals surface area (Å²) >= 11 is 7.01. The molecule has 0 aliphatic heterocycles. The maximum atomic E-state index is 11.3. The number of hydrogen-bond donors (Lipinski definition) is 0. The topological polar surface area (TPSA) is 47.8 Å². The van der Waals surface area contributed by atoms with Crippen LogP contribution in [0.5, 0.6) is 0 Å². The molecule has 0 aliphatic carbocycles. The molecule has 2 rings (SSSR count). The number of halogens is 1. The predicted octanol–water partition coefficient (Wildman–Crippen LogP) is 1.40. The lowest BCUT2D eigenvalue weighted by Crippen LogP contribution is -2.21. The summed E-state index contributed by atoms with van der Waals surface area (Å²) in [6.45, 7) is 0.421. The van der Waals surface area contributed by atoms with Gasteiger partial charge in [0.05, 0.1) is 6.54 Å². The van der Waals surface area contributed by atoms with E-state index in [1.54, 1.807) is 18.5 Å². The highest BCUT2D eigenvalue weighted by atomic mass is 35.5. The van der Waals surface area contributed by atoms with Crippen LogP contribution in [0.1, 0.15) is 4.88 Å². The van der Waals surface area contributed by atoms with Crippen molar-refractivity contribution in [1.82, 2.24) is 14.8 Å². The molecule has 14 heavy (non-hydrogen) atoms. The molecule has 2 aromatic rings. The second-order valence-corrected chi connectivity index (χ2v) is 4.30. The Morgan fingerprint density at radius 2 is 2.43 bits per heavy atom. The van der Waals surface area contributed by atoms with Gasteiger partial charge in [0.25, 0.3) is 5.56 Å². The fourth-order valence-corrected chi connectivity index (χ4v) is 1.97. The van der Waals surface area contributed by atoms with Gasteiger partial charge in [0.2, 0.25) is 0 Å². The summed E-state index contributed by atoms with van der Waals surface area (Å²) < 4.78 is 1.84. The fourth-order valence-electron chi connectivity index (χ4n) is 1.01. The van der Waals surface area contributed by atoms with Crippen molar-refractivity contribution in [3.05, 3.63) is 44.2 Å². The van der Waals surface area contributed by atoms with Gasteiger partial charge in [-0.15, -0.1) is 11.3 Å². The van der Waals surface area contributed by atoms with Crippen molar-refractivity contribution in [2.45, 2.75) is 6.54 Å². The van der Waals surface area contributed by atoms with Crippen molar-refractivity contribution in [2.24, 2.45) is 0 Å². The number of rotatable bonds is 2. The van der Waals surface area contributed by atoms with Gasteiger partial charge in [0.1, 0.15) is 0 Å². The number of hydrogen-bond acceptors (Lipinski definition) is 4. The predicted molar refractivity (Wildman–Crippen MR) is 54.7 cm³/mol. The quantitative estimate of drug-likeness (QED) is 0.779. The molecule has 0 aliphatic rings. The van der Waals surface area contributed by atoms with Crippen molar-refractivity contribution in [1.29, 1.82) is 0 Å². The Kier molecular flexibility index (Phi) is 2.60. The lowest BCUT2D eigenvalue weighted by Gasteiger charge is -1.98. The first kappa shape index (κ1) is 9.36. The van der Waals surface area contributed by atoms with Gasteiger partial charge in [-0.1, -0.05) is 11.6 Å².